The summed E-state index contributed by atoms with van der Waals surface area (Å²) in [4.78, 5) is 2.14. The van der Waals surface area contributed by atoms with Gasteiger partial charge in [-0.2, -0.15) is 0 Å². The van der Waals surface area contributed by atoms with E-state index in [1.54, 1.807) is 0 Å². The molecule has 1 saturated carbocycles. The molecule has 2 rings (SSSR count). The van der Waals surface area contributed by atoms with Crippen molar-refractivity contribution in [1.82, 2.24) is 10.2 Å². The molecule has 1 aromatic carbocycles. The Morgan fingerprint density at radius 3 is 2.33 bits per heavy atom. The van der Waals surface area contributed by atoms with Crippen LogP contribution in [-0.2, 0) is 6.54 Å². The van der Waals surface area contributed by atoms with Crippen LogP contribution in [0.15, 0.2) is 12.1 Å². The number of nitrogens with zero attached hydrogens (tertiary/aromatic N) is 1. The maximum absolute atomic E-state index is 13.9. The number of halogens is 2. The monoisotopic (exact) mass is 298 g/mol. The van der Waals surface area contributed by atoms with E-state index in [1.807, 2.05) is 13.8 Å². The van der Waals surface area contributed by atoms with Crippen molar-refractivity contribution in [2.45, 2.75) is 39.3 Å². The first-order valence-electron chi connectivity index (χ1n) is 7.70. The first kappa shape index (κ1) is 16.2. The normalized spacial score (nSPS) is 14.7. The summed E-state index contributed by atoms with van der Waals surface area (Å²) in [6.45, 7) is 7.34. The molecule has 0 aromatic heterocycles. The summed E-state index contributed by atoms with van der Waals surface area (Å²) >= 11 is 0. The fourth-order valence-corrected chi connectivity index (χ4v) is 2.22. The van der Waals surface area contributed by atoms with Crippen molar-refractivity contribution >= 4 is 0 Å². The van der Waals surface area contributed by atoms with E-state index in [9.17, 15) is 8.78 Å². The third kappa shape index (κ3) is 4.93. The second-order valence-electron chi connectivity index (χ2n) is 5.42. The van der Waals surface area contributed by atoms with E-state index in [0.29, 0.717) is 24.7 Å². The molecule has 0 aliphatic heterocycles. The van der Waals surface area contributed by atoms with Crippen LogP contribution >= 0.6 is 0 Å². The fraction of sp³-hybridized carbons (Fsp3) is 0.625. The Kier molecular flexibility index (Phi) is 5.94. The van der Waals surface area contributed by atoms with E-state index in [-0.39, 0.29) is 12.4 Å². The topological polar surface area (TPSA) is 24.5 Å². The zero-order chi connectivity index (χ0) is 15.2. The van der Waals surface area contributed by atoms with Crippen molar-refractivity contribution in [2.24, 2.45) is 0 Å². The smallest absolute Gasteiger partial charge is 0.190 e. The van der Waals surface area contributed by atoms with Gasteiger partial charge < -0.3 is 15.0 Å². The maximum Gasteiger partial charge on any atom is 0.190 e. The number of hydrogen-bond donors (Lipinski definition) is 1. The van der Waals surface area contributed by atoms with Gasteiger partial charge in [0.15, 0.2) is 17.4 Å². The van der Waals surface area contributed by atoms with E-state index in [2.05, 4.69) is 10.2 Å². The quantitative estimate of drug-likeness (QED) is 0.758. The van der Waals surface area contributed by atoms with Crippen molar-refractivity contribution in [3.05, 3.63) is 29.3 Å². The van der Waals surface area contributed by atoms with Crippen LogP contribution in [0.1, 0.15) is 32.3 Å². The summed E-state index contributed by atoms with van der Waals surface area (Å²) in [5.74, 6) is -1.51. The SMILES string of the molecule is CCN(CC)CCOc1c(F)cc(CNC2CC2)cc1F. The van der Waals surface area contributed by atoms with Crippen LogP contribution in [0.3, 0.4) is 0 Å². The molecule has 0 bridgehead atoms. The van der Waals surface area contributed by atoms with Crippen LogP contribution in [0, 0.1) is 11.6 Å². The highest BCUT2D eigenvalue weighted by molar-refractivity contribution is 5.31. The van der Waals surface area contributed by atoms with Crippen molar-refractivity contribution in [1.29, 1.82) is 0 Å². The van der Waals surface area contributed by atoms with Crippen LogP contribution in [-0.4, -0.2) is 37.2 Å². The number of benzene rings is 1. The average Bonchev–Trinajstić information content (AvgIpc) is 3.28. The van der Waals surface area contributed by atoms with Gasteiger partial charge in [-0.3, -0.25) is 0 Å². The Morgan fingerprint density at radius 1 is 1.19 bits per heavy atom. The Labute approximate surface area is 125 Å². The second-order valence-corrected chi connectivity index (χ2v) is 5.42. The molecule has 1 aliphatic carbocycles. The van der Waals surface area contributed by atoms with Crippen LogP contribution < -0.4 is 10.1 Å². The fourth-order valence-electron chi connectivity index (χ4n) is 2.22. The summed E-state index contributed by atoms with van der Waals surface area (Å²) in [6, 6.07) is 3.22. The van der Waals surface area contributed by atoms with Gasteiger partial charge in [-0.05, 0) is 43.6 Å². The predicted molar refractivity (Wildman–Crippen MR) is 79.5 cm³/mol. The number of ether oxygens (including phenoxy) is 1. The molecule has 1 fully saturated rings. The molecule has 1 N–H and O–H groups in total. The van der Waals surface area contributed by atoms with Crippen molar-refractivity contribution < 1.29 is 13.5 Å². The van der Waals surface area contributed by atoms with Crippen molar-refractivity contribution in [2.75, 3.05) is 26.2 Å². The lowest BCUT2D eigenvalue weighted by Gasteiger charge is -2.18. The van der Waals surface area contributed by atoms with Crippen LogP contribution in [0.2, 0.25) is 0 Å². The van der Waals surface area contributed by atoms with Gasteiger partial charge in [0.05, 0.1) is 0 Å². The lowest BCUT2D eigenvalue weighted by Crippen LogP contribution is -2.28. The zero-order valence-electron chi connectivity index (χ0n) is 12.8. The third-order valence-corrected chi connectivity index (χ3v) is 3.78. The highest BCUT2D eigenvalue weighted by atomic mass is 19.1. The summed E-state index contributed by atoms with van der Waals surface area (Å²) in [6.07, 6.45) is 2.30. The molecule has 0 heterocycles. The predicted octanol–water partition coefficient (Wildman–Crippen LogP) is 2.94. The molecule has 0 spiro atoms. The van der Waals surface area contributed by atoms with Crippen LogP contribution in [0.4, 0.5) is 8.78 Å². The first-order valence-corrected chi connectivity index (χ1v) is 7.70. The Morgan fingerprint density at radius 2 is 1.81 bits per heavy atom. The van der Waals surface area contributed by atoms with Crippen molar-refractivity contribution in [3.8, 4) is 5.75 Å². The van der Waals surface area contributed by atoms with Gasteiger partial charge in [-0.1, -0.05) is 13.8 Å². The third-order valence-electron chi connectivity index (χ3n) is 3.78. The summed E-state index contributed by atoms with van der Waals surface area (Å²) in [7, 11) is 0. The van der Waals surface area contributed by atoms with E-state index in [4.69, 9.17) is 4.74 Å². The molecule has 0 amide bonds. The molecule has 0 saturated heterocycles. The van der Waals surface area contributed by atoms with E-state index in [0.717, 1.165) is 25.9 Å². The molecule has 1 aromatic rings. The summed E-state index contributed by atoms with van der Waals surface area (Å²) < 4.78 is 33.1. The molecule has 1 aliphatic rings. The second kappa shape index (κ2) is 7.71. The standard InChI is InChI=1S/C16H24F2N2O/c1-3-20(4-2)7-8-21-16-14(17)9-12(10-15(16)18)11-19-13-5-6-13/h9-10,13,19H,3-8,11H2,1-2H3. The number of rotatable bonds is 9. The molecule has 0 atom stereocenters. The Hall–Kier alpha value is -1.20. The Balaban J connectivity index is 1.89. The molecule has 5 heteroatoms. The first-order chi connectivity index (χ1) is 10.1. The molecular weight excluding hydrogens is 274 g/mol. The van der Waals surface area contributed by atoms with Crippen LogP contribution in [0.25, 0.3) is 0 Å². The molecule has 0 radical (unpaired) electrons. The van der Waals surface area contributed by atoms with Crippen molar-refractivity contribution in [3.63, 3.8) is 0 Å². The summed E-state index contributed by atoms with van der Waals surface area (Å²) in [5, 5.41) is 3.24. The average molecular weight is 298 g/mol. The van der Waals surface area contributed by atoms with E-state index >= 15 is 0 Å². The van der Waals surface area contributed by atoms with Gasteiger partial charge in [-0.15, -0.1) is 0 Å². The largest absolute Gasteiger partial charge is 0.486 e. The van der Waals surface area contributed by atoms with Gasteiger partial charge in [0.25, 0.3) is 0 Å². The van der Waals surface area contributed by atoms with Gasteiger partial charge in [0, 0.05) is 19.1 Å². The van der Waals surface area contributed by atoms with Crippen LogP contribution in [0.5, 0.6) is 5.75 Å². The lowest BCUT2D eigenvalue weighted by molar-refractivity contribution is 0.211. The van der Waals surface area contributed by atoms with Gasteiger partial charge in [-0.25, -0.2) is 8.78 Å². The highest BCUT2D eigenvalue weighted by Crippen LogP contribution is 2.24. The minimum atomic E-state index is -0.623. The lowest BCUT2D eigenvalue weighted by atomic mass is 10.2. The number of nitrogens with one attached hydrogen (secondary N) is 1. The minimum Gasteiger partial charge on any atom is -0.486 e. The Bertz CT molecular complexity index is 437. The van der Waals surface area contributed by atoms with E-state index < -0.39 is 11.6 Å². The van der Waals surface area contributed by atoms with Gasteiger partial charge in [0.1, 0.15) is 6.61 Å². The number of likely N-dealkylation sites (N-methyl/N-ethyl adjacent to an activating group) is 1. The minimum absolute atomic E-state index is 0.266. The molecular formula is C16H24F2N2O. The molecule has 0 unspecified atom stereocenters. The van der Waals surface area contributed by atoms with Gasteiger partial charge >= 0.3 is 0 Å². The molecule has 3 nitrogen and oxygen atoms in total. The molecule has 21 heavy (non-hydrogen) atoms. The summed E-state index contributed by atoms with van der Waals surface area (Å²) in [5.41, 5.74) is 0.619. The number of hydrogen-bond acceptors (Lipinski definition) is 3. The highest BCUT2D eigenvalue weighted by Gasteiger charge is 2.20. The maximum atomic E-state index is 13.9. The van der Waals surface area contributed by atoms with E-state index in [1.165, 1.54) is 12.1 Å². The molecule has 118 valence electrons. The van der Waals surface area contributed by atoms with Gasteiger partial charge in [0.2, 0.25) is 0 Å². The zero-order valence-corrected chi connectivity index (χ0v) is 12.8.